The van der Waals surface area contributed by atoms with Gasteiger partial charge in [0, 0.05) is 29.6 Å². The van der Waals surface area contributed by atoms with E-state index in [4.69, 9.17) is 10.5 Å². The van der Waals surface area contributed by atoms with Crippen molar-refractivity contribution in [3.05, 3.63) is 94.2 Å². The molecule has 4 N–H and O–H groups in total. The van der Waals surface area contributed by atoms with E-state index in [1.807, 2.05) is 45.0 Å². The predicted octanol–water partition coefficient (Wildman–Crippen LogP) is 6.90. The molecule has 252 valence electrons. The number of aliphatic imine (C=N–C) groups is 1. The van der Waals surface area contributed by atoms with E-state index in [0.717, 1.165) is 17.2 Å². The Kier molecular flexibility index (Phi) is 13.3. The fraction of sp³-hybridized carbons (Fsp3) is 0.343. The van der Waals surface area contributed by atoms with Gasteiger partial charge in [0.05, 0.1) is 33.8 Å². The molecule has 0 bridgehead atoms. The molecule has 2 unspecified atom stereocenters. The number of rotatable bonds is 14. The van der Waals surface area contributed by atoms with Crippen molar-refractivity contribution in [2.45, 2.75) is 63.3 Å². The second kappa shape index (κ2) is 16.9. The maximum atomic E-state index is 15.1. The SMILES string of the molecule is CC(N)=N/C=C\c1ccc(F)c(N[C@@H](C=O)c2ccc(C(C)COC(=O)Nc3cc(F)c(S(=O)C(C)C)c(CN(C)C)c3)c(C)c2)c1. The molecule has 0 aliphatic rings. The van der Waals surface area contributed by atoms with Crippen LogP contribution in [-0.2, 0) is 26.9 Å². The van der Waals surface area contributed by atoms with Crippen LogP contribution >= 0.6 is 0 Å². The molecule has 47 heavy (non-hydrogen) atoms. The quantitative estimate of drug-likeness (QED) is 0.0970. The molecule has 0 aromatic heterocycles. The van der Waals surface area contributed by atoms with E-state index in [2.05, 4.69) is 15.6 Å². The number of amidine groups is 1. The summed E-state index contributed by atoms with van der Waals surface area (Å²) in [7, 11) is 2.09. The van der Waals surface area contributed by atoms with Crippen LogP contribution in [0, 0.1) is 18.6 Å². The summed E-state index contributed by atoms with van der Waals surface area (Å²) in [6, 6.07) is 11.8. The van der Waals surface area contributed by atoms with Gasteiger partial charge in [0.2, 0.25) is 0 Å². The summed E-state index contributed by atoms with van der Waals surface area (Å²) in [6.45, 7) is 9.31. The van der Waals surface area contributed by atoms with Crippen LogP contribution in [0.2, 0.25) is 0 Å². The Morgan fingerprint density at radius 3 is 2.43 bits per heavy atom. The van der Waals surface area contributed by atoms with Crippen LogP contribution in [0.3, 0.4) is 0 Å². The van der Waals surface area contributed by atoms with Gasteiger partial charge in [-0.3, -0.25) is 9.53 Å². The minimum Gasteiger partial charge on any atom is -0.449 e. The summed E-state index contributed by atoms with van der Waals surface area (Å²) in [5, 5.41) is 5.27. The number of carbonyl (C=O) groups is 2. The minimum atomic E-state index is -1.54. The number of aryl methyl sites for hydroxylation is 1. The normalized spacial score (nSPS) is 13.9. The average molecular weight is 668 g/mol. The summed E-state index contributed by atoms with van der Waals surface area (Å²) in [6.07, 6.45) is 3.13. The van der Waals surface area contributed by atoms with Gasteiger partial charge in [-0.25, -0.2) is 18.6 Å². The van der Waals surface area contributed by atoms with Crippen LogP contribution in [-0.4, -0.2) is 53.3 Å². The maximum Gasteiger partial charge on any atom is 0.411 e. The molecule has 0 aliphatic carbocycles. The van der Waals surface area contributed by atoms with Crippen molar-refractivity contribution in [3.63, 3.8) is 0 Å². The number of carbonyl (C=O) groups excluding carboxylic acids is 2. The van der Waals surface area contributed by atoms with E-state index < -0.39 is 34.6 Å². The van der Waals surface area contributed by atoms with Crippen molar-refractivity contribution in [3.8, 4) is 0 Å². The lowest BCUT2D eigenvalue weighted by molar-refractivity contribution is -0.108. The molecule has 0 fully saturated rings. The van der Waals surface area contributed by atoms with E-state index in [0.29, 0.717) is 35.4 Å². The van der Waals surface area contributed by atoms with Crippen molar-refractivity contribution < 1.29 is 27.3 Å². The Morgan fingerprint density at radius 2 is 1.81 bits per heavy atom. The molecule has 0 aliphatic heterocycles. The number of anilines is 2. The lowest BCUT2D eigenvalue weighted by atomic mass is 9.93. The van der Waals surface area contributed by atoms with Crippen molar-refractivity contribution in [1.82, 2.24) is 4.90 Å². The Balaban J connectivity index is 1.69. The molecule has 0 radical (unpaired) electrons. The summed E-state index contributed by atoms with van der Waals surface area (Å²) < 4.78 is 47.9. The molecule has 1 amide bonds. The Bertz CT molecular complexity index is 1670. The van der Waals surface area contributed by atoms with Crippen LogP contribution in [0.4, 0.5) is 25.0 Å². The molecular formula is C35H43F2N5O4S. The zero-order chi connectivity index (χ0) is 34.8. The number of amides is 1. The highest BCUT2D eigenvalue weighted by atomic mass is 32.2. The molecular weight excluding hydrogens is 624 g/mol. The van der Waals surface area contributed by atoms with Gasteiger partial charge in [-0.15, -0.1) is 0 Å². The molecule has 12 heteroatoms. The first kappa shape index (κ1) is 37.0. The topological polar surface area (TPSA) is 126 Å². The van der Waals surface area contributed by atoms with Gasteiger partial charge >= 0.3 is 6.09 Å². The monoisotopic (exact) mass is 667 g/mol. The molecule has 3 rings (SSSR count). The maximum absolute atomic E-state index is 15.1. The number of ether oxygens (including phenoxy) is 1. The Hall–Kier alpha value is -4.42. The number of nitrogens with two attached hydrogens (primary N) is 1. The first-order chi connectivity index (χ1) is 22.2. The van der Waals surface area contributed by atoms with Gasteiger partial charge in [-0.2, -0.15) is 0 Å². The van der Waals surface area contributed by atoms with Crippen molar-refractivity contribution in [2.24, 2.45) is 10.7 Å². The molecule has 0 saturated carbocycles. The third-order valence-electron chi connectivity index (χ3n) is 7.11. The molecule has 0 spiro atoms. The number of hydrogen-bond acceptors (Lipinski definition) is 7. The van der Waals surface area contributed by atoms with Crippen LogP contribution in [0.5, 0.6) is 0 Å². The first-order valence-electron chi connectivity index (χ1n) is 15.1. The third-order valence-corrected chi connectivity index (χ3v) is 8.83. The van der Waals surface area contributed by atoms with Crippen molar-refractivity contribution in [1.29, 1.82) is 0 Å². The van der Waals surface area contributed by atoms with Gasteiger partial charge < -0.3 is 25.5 Å². The second-order valence-electron chi connectivity index (χ2n) is 11.9. The standard InChI is InChI=1S/C35H43F2N5O4S/c1-21(2)47(45)34-27(18-42(6)7)16-28(17-31(34)37)40-35(44)46-20-23(4)29-10-9-26(14-22(29)3)33(19-43)41-32-15-25(8-11-30(32)36)12-13-39-24(5)38/h8-17,19,21,23,33,41H,18,20H2,1-7H3,(H2,38,39)(H,40,44)/b13-12-/t23?,33-,47?/m0/s1. The summed E-state index contributed by atoms with van der Waals surface area (Å²) in [4.78, 5) is 30.7. The van der Waals surface area contributed by atoms with E-state index in [1.165, 1.54) is 12.3 Å². The van der Waals surface area contributed by atoms with E-state index in [9.17, 15) is 18.2 Å². The van der Waals surface area contributed by atoms with Crippen LogP contribution in [0.1, 0.15) is 67.5 Å². The summed E-state index contributed by atoms with van der Waals surface area (Å²) >= 11 is 0. The zero-order valence-electron chi connectivity index (χ0n) is 27.8. The number of hydrogen-bond donors (Lipinski definition) is 3. The lowest BCUT2D eigenvalue weighted by Gasteiger charge is -2.20. The Labute approximate surface area is 277 Å². The van der Waals surface area contributed by atoms with Crippen LogP contribution in [0.15, 0.2) is 64.6 Å². The van der Waals surface area contributed by atoms with Crippen molar-refractivity contribution >= 4 is 46.5 Å². The third kappa shape index (κ3) is 10.5. The number of benzene rings is 3. The highest BCUT2D eigenvalue weighted by Crippen LogP contribution is 2.28. The zero-order valence-corrected chi connectivity index (χ0v) is 28.6. The molecule has 0 saturated heterocycles. The summed E-state index contributed by atoms with van der Waals surface area (Å²) in [5.41, 5.74) is 9.46. The molecule has 3 aromatic rings. The average Bonchev–Trinajstić information content (AvgIpc) is 2.99. The Morgan fingerprint density at radius 1 is 1.09 bits per heavy atom. The number of nitrogens with one attached hydrogen (secondary N) is 2. The van der Waals surface area contributed by atoms with Gasteiger partial charge in [0.25, 0.3) is 0 Å². The van der Waals surface area contributed by atoms with Gasteiger partial charge in [0.15, 0.2) is 0 Å². The predicted molar refractivity (Wildman–Crippen MR) is 185 cm³/mol. The molecule has 3 atom stereocenters. The number of aldehydes is 1. The number of nitrogens with zero attached hydrogens (tertiary/aromatic N) is 2. The van der Waals surface area contributed by atoms with E-state index in [-0.39, 0.29) is 34.0 Å². The smallest absolute Gasteiger partial charge is 0.411 e. The fourth-order valence-electron chi connectivity index (χ4n) is 4.89. The molecule has 0 heterocycles. The summed E-state index contributed by atoms with van der Waals surface area (Å²) in [5.74, 6) is -0.989. The van der Waals surface area contributed by atoms with Gasteiger partial charge in [-0.05, 0) is 86.1 Å². The fourth-order valence-corrected chi connectivity index (χ4v) is 6.00. The second-order valence-corrected chi connectivity index (χ2v) is 13.8. The van der Waals surface area contributed by atoms with Gasteiger partial charge in [-0.1, -0.05) is 45.0 Å². The van der Waals surface area contributed by atoms with Crippen LogP contribution < -0.4 is 16.4 Å². The molecule has 9 nitrogen and oxygen atoms in total. The minimum absolute atomic E-state index is 0.0309. The number of halogens is 2. The van der Waals surface area contributed by atoms with E-state index >= 15 is 4.39 Å². The van der Waals surface area contributed by atoms with Crippen molar-refractivity contribution in [2.75, 3.05) is 31.3 Å². The largest absolute Gasteiger partial charge is 0.449 e. The lowest BCUT2D eigenvalue weighted by Crippen LogP contribution is -2.20. The van der Waals surface area contributed by atoms with E-state index in [1.54, 1.807) is 51.1 Å². The highest BCUT2D eigenvalue weighted by Gasteiger charge is 2.22. The highest BCUT2D eigenvalue weighted by molar-refractivity contribution is 7.85. The van der Waals surface area contributed by atoms with Gasteiger partial charge in [0.1, 0.15) is 24.0 Å². The molecule has 3 aromatic carbocycles. The first-order valence-corrected chi connectivity index (χ1v) is 16.3. The van der Waals surface area contributed by atoms with Crippen LogP contribution in [0.25, 0.3) is 6.08 Å².